The topological polar surface area (TPSA) is 70.8 Å². The number of hydrogen-bond donors (Lipinski definition) is 1. The molecule has 3 aromatic carbocycles. The van der Waals surface area contributed by atoms with Crippen LogP contribution in [0.15, 0.2) is 83.5 Å². The molecule has 6 heteroatoms. The Morgan fingerprint density at radius 1 is 1.03 bits per heavy atom. The van der Waals surface area contributed by atoms with Gasteiger partial charge in [-0.05, 0) is 46.7 Å². The fourth-order valence-electron chi connectivity index (χ4n) is 4.21. The number of ketones is 1. The molecule has 0 saturated heterocycles. The smallest absolute Gasteiger partial charge is 0.264 e. The zero-order valence-corrected chi connectivity index (χ0v) is 17.2. The molecule has 5 nitrogen and oxygen atoms in total. The third-order valence-electron chi connectivity index (χ3n) is 5.71. The van der Waals surface area contributed by atoms with Gasteiger partial charge in [0, 0.05) is 10.6 Å². The van der Waals surface area contributed by atoms with E-state index in [1.807, 2.05) is 42.5 Å². The lowest BCUT2D eigenvalue weighted by Crippen LogP contribution is -2.41. The van der Waals surface area contributed by atoms with E-state index in [1.165, 1.54) is 17.2 Å². The summed E-state index contributed by atoms with van der Waals surface area (Å²) in [6, 6.07) is 21.8. The number of rotatable bonds is 5. The van der Waals surface area contributed by atoms with E-state index in [9.17, 15) is 14.7 Å². The molecule has 1 aromatic heterocycles. The Balaban J connectivity index is 1.56. The van der Waals surface area contributed by atoms with E-state index in [1.54, 1.807) is 24.3 Å². The van der Waals surface area contributed by atoms with E-state index in [2.05, 4.69) is 0 Å². The zero-order chi connectivity index (χ0) is 21.6. The van der Waals surface area contributed by atoms with E-state index in [4.69, 9.17) is 16.0 Å². The van der Waals surface area contributed by atoms with Crippen molar-refractivity contribution in [1.82, 2.24) is 0 Å². The highest BCUT2D eigenvalue weighted by molar-refractivity contribution is 6.31. The largest absolute Gasteiger partial charge is 0.461 e. The van der Waals surface area contributed by atoms with Gasteiger partial charge in [0.15, 0.2) is 11.4 Å². The summed E-state index contributed by atoms with van der Waals surface area (Å²) in [6.45, 7) is 0.256. The molecule has 0 bridgehead atoms. The molecule has 0 aliphatic carbocycles. The van der Waals surface area contributed by atoms with Crippen LogP contribution in [-0.4, -0.2) is 16.8 Å². The van der Waals surface area contributed by atoms with Crippen LogP contribution in [0, 0.1) is 0 Å². The number of Topliss-reactive ketones (excluding diaryl/α,β-unsaturated/α-hetero) is 1. The molecule has 1 atom stereocenters. The normalized spacial score (nSPS) is 17.9. The van der Waals surface area contributed by atoms with Crippen molar-refractivity contribution in [3.63, 3.8) is 0 Å². The second-order valence-corrected chi connectivity index (χ2v) is 8.07. The Labute approximate surface area is 183 Å². The second kappa shape index (κ2) is 7.38. The number of anilines is 1. The van der Waals surface area contributed by atoms with Gasteiger partial charge in [0.2, 0.25) is 5.78 Å². The third-order valence-corrected chi connectivity index (χ3v) is 5.95. The average Bonchev–Trinajstić information content (AvgIpc) is 3.37. The van der Waals surface area contributed by atoms with E-state index < -0.39 is 23.7 Å². The van der Waals surface area contributed by atoms with Crippen molar-refractivity contribution in [3.05, 3.63) is 101 Å². The Morgan fingerprint density at radius 3 is 2.65 bits per heavy atom. The van der Waals surface area contributed by atoms with Crippen molar-refractivity contribution in [3.8, 4) is 0 Å². The maximum Gasteiger partial charge on any atom is 0.264 e. The minimum atomic E-state index is -2.02. The van der Waals surface area contributed by atoms with Gasteiger partial charge in [-0.3, -0.25) is 9.59 Å². The summed E-state index contributed by atoms with van der Waals surface area (Å²) in [7, 11) is 0. The van der Waals surface area contributed by atoms with Crippen LogP contribution in [0.1, 0.15) is 28.1 Å². The Hall–Kier alpha value is -3.41. The fourth-order valence-corrected chi connectivity index (χ4v) is 4.38. The van der Waals surface area contributed by atoms with Crippen LogP contribution in [0.5, 0.6) is 0 Å². The summed E-state index contributed by atoms with van der Waals surface area (Å²) in [4.78, 5) is 27.7. The van der Waals surface area contributed by atoms with Crippen molar-refractivity contribution in [2.45, 2.75) is 18.6 Å². The lowest BCUT2D eigenvalue weighted by atomic mass is 9.89. The first kappa shape index (κ1) is 19.5. The highest BCUT2D eigenvalue weighted by Crippen LogP contribution is 2.45. The molecule has 5 rings (SSSR count). The molecule has 1 aliphatic heterocycles. The first-order valence-corrected chi connectivity index (χ1v) is 10.2. The Morgan fingerprint density at radius 2 is 1.84 bits per heavy atom. The lowest BCUT2D eigenvalue weighted by molar-refractivity contribution is -0.136. The molecular formula is C25H18ClNO4. The van der Waals surface area contributed by atoms with Crippen LogP contribution < -0.4 is 4.90 Å². The van der Waals surface area contributed by atoms with E-state index in [-0.39, 0.29) is 12.3 Å². The van der Waals surface area contributed by atoms with E-state index >= 15 is 0 Å². The number of amides is 1. The van der Waals surface area contributed by atoms with Gasteiger partial charge in [-0.15, -0.1) is 0 Å². The highest BCUT2D eigenvalue weighted by atomic mass is 35.5. The Bertz CT molecular complexity index is 1310. The van der Waals surface area contributed by atoms with E-state index in [0.29, 0.717) is 16.3 Å². The molecular weight excluding hydrogens is 414 g/mol. The van der Waals surface area contributed by atoms with Gasteiger partial charge in [-0.1, -0.05) is 54.1 Å². The van der Waals surface area contributed by atoms with Crippen molar-refractivity contribution >= 4 is 39.8 Å². The SMILES string of the molecule is O=C(CC1(O)C(=O)N(Cc2cccc3ccccc23)c2ccc(Cl)cc21)c1ccco1. The maximum atomic E-state index is 13.5. The van der Waals surface area contributed by atoms with Gasteiger partial charge in [0.05, 0.1) is 24.9 Å². The van der Waals surface area contributed by atoms with Crippen LogP contribution in [0.25, 0.3) is 10.8 Å². The molecule has 2 heterocycles. The number of aliphatic hydroxyl groups is 1. The lowest BCUT2D eigenvalue weighted by Gasteiger charge is -2.23. The predicted octanol–water partition coefficient (Wildman–Crippen LogP) is 5.09. The molecule has 4 aromatic rings. The predicted molar refractivity (Wildman–Crippen MR) is 118 cm³/mol. The van der Waals surface area contributed by atoms with Crippen LogP contribution in [-0.2, 0) is 16.9 Å². The van der Waals surface area contributed by atoms with Gasteiger partial charge in [-0.2, -0.15) is 0 Å². The van der Waals surface area contributed by atoms with Crippen molar-refractivity contribution < 1.29 is 19.1 Å². The number of hydrogen-bond acceptors (Lipinski definition) is 4. The second-order valence-electron chi connectivity index (χ2n) is 7.63. The zero-order valence-electron chi connectivity index (χ0n) is 16.4. The number of carbonyl (C=O) groups excluding carboxylic acids is 2. The van der Waals surface area contributed by atoms with Gasteiger partial charge >= 0.3 is 0 Å². The van der Waals surface area contributed by atoms with Gasteiger partial charge in [-0.25, -0.2) is 0 Å². The maximum absolute atomic E-state index is 13.5. The summed E-state index contributed by atoms with van der Waals surface area (Å²) in [5.41, 5.74) is -0.217. The van der Waals surface area contributed by atoms with Crippen LogP contribution in [0.2, 0.25) is 5.02 Å². The number of fused-ring (bicyclic) bond motifs is 2. The first-order valence-electron chi connectivity index (χ1n) is 9.85. The summed E-state index contributed by atoms with van der Waals surface area (Å²) < 4.78 is 5.16. The van der Waals surface area contributed by atoms with Gasteiger partial charge in [0.1, 0.15) is 0 Å². The number of benzene rings is 3. The van der Waals surface area contributed by atoms with Gasteiger partial charge < -0.3 is 14.4 Å². The quantitative estimate of drug-likeness (QED) is 0.446. The molecule has 1 aliphatic rings. The molecule has 0 fully saturated rings. The molecule has 31 heavy (non-hydrogen) atoms. The number of furan rings is 1. The number of nitrogens with zero attached hydrogens (tertiary/aromatic N) is 1. The average molecular weight is 432 g/mol. The summed E-state index contributed by atoms with van der Waals surface area (Å²) in [6.07, 6.45) is 0.949. The monoisotopic (exact) mass is 431 g/mol. The standard InChI is InChI=1S/C25H18ClNO4/c26-18-10-11-21-20(13-18)25(30,14-22(28)23-9-4-12-31-23)24(29)27(21)15-17-7-3-6-16-5-1-2-8-19(16)17/h1-13,30H,14-15H2. The van der Waals surface area contributed by atoms with Crippen molar-refractivity contribution in [2.75, 3.05) is 4.90 Å². The first-order chi connectivity index (χ1) is 15.0. The minimum absolute atomic E-state index is 0.0947. The molecule has 1 N–H and O–H groups in total. The van der Waals surface area contributed by atoms with Crippen LogP contribution >= 0.6 is 11.6 Å². The Kier molecular flexibility index (Phi) is 4.65. The highest BCUT2D eigenvalue weighted by Gasteiger charge is 2.51. The van der Waals surface area contributed by atoms with Gasteiger partial charge in [0.25, 0.3) is 5.91 Å². The fraction of sp³-hybridized carbons (Fsp3) is 0.120. The van der Waals surface area contributed by atoms with Crippen molar-refractivity contribution in [2.24, 2.45) is 0 Å². The number of halogens is 1. The molecule has 0 spiro atoms. The third kappa shape index (κ3) is 3.23. The van der Waals surface area contributed by atoms with Crippen molar-refractivity contribution in [1.29, 1.82) is 0 Å². The minimum Gasteiger partial charge on any atom is -0.461 e. The molecule has 1 amide bonds. The summed E-state index contributed by atoms with van der Waals surface area (Å²) >= 11 is 6.18. The summed E-state index contributed by atoms with van der Waals surface area (Å²) in [5, 5.41) is 13.9. The molecule has 1 unspecified atom stereocenters. The van der Waals surface area contributed by atoms with E-state index in [0.717, 1.165) is 16.3 Å². The molecule has 154 valence electrons. The van der Waals surface area contributed by atoms with Crippen LogP contribution in [0.4, 0.5) is 5.69 Å². The molecule has 0 radical (unpaired) electrons. The molecule has 0 saturated carbocycles. The van der Waals surface area contributed by atoms with Crippen LogP contribution in [0.3, 0.4) is 0 Å². The summed E-state index contributed by atoms with van der Waals surface area (Å²) in [5.74, 6) is -0.923. The number of carbonyl (C=O) groups is 2.